The Balaban J connectivity index is -0.00000000765. The number of hydrogen-bond acceptors (Lipinski definition) is 0. The second kappa shape index (κ2) is 4900. The molecule has 0 nitrogen and oxygen atoms in total. The Morgan fingerprint density at radius 3 is 0.135 bits per heavy atom. The molecule has 0 unspecified atom stereocenters. The van der Waals surface area contributed by atoms with Crippen molar-refractivity contribution in [3.05, 3.63) is 0 Å². The molecule has 1 aliphatic rings. The van der Waals surface area contributed by atoms with Gasteiger partial charge < -0.3 is 0 Å². The molecular formula is C37H108. The van der Waals surface area contributed by atoms with Crippen LogP contribution in [0.2, 0.25) is 0 Å². The lowest BCUT2D eigenvalue weighted by molar-refractivity contribution is 1.50. The Kier molecular flexibility index (Phi) is 15900. The molecule has 0 spiro atoms. The molecule has 0 saturated heterocycles. The fourth-order valence-corrected chi connectivity index (χ4v) is 0. The van der Waals surface area contributed by atoms with Crippen LogP contribution in [-0.2, 0) is 0 Å². The lowest BCUT2D eigenvalue weighted by Gasteiger charge is -1.07. The van der Waals surface area contributed by atoms with Crippen LogP contribution in [-0.4, -0.2) is 0 Å². The molecule has 0 aromatic rings. The normalized spacial score (nSPS) is 4.70. The molecule has 1 saturated carbocycles. The summed E-state index contributed by atoms with van der Waals surface area (Å²) >= 11 is 0. The van der Waals surface area contributed by atoms with E-state index in [0.717, 1.165) is 0 Å². The van der Waals surface area contributed by atoms with Gasteiger partial charge in [0, 0.05) is 0 Å². The van der Waals surface area contributed by atoms with E-state index in [1.54, 1.807) is 0 Å². The predicted molar refractivity (Wildman–Crippen MR) is 207 cm³/mol. The molecular weight excluding hydrogens is 444 g/mol. The van der Waals surface area contributed by atoms with Gasteiger partial charge in [0.25, 0.3) is 0 Å². The Labute approximate surface area is 254 Å². The van der Waals surface area contributed by atoms with Crippen LogP contribution < -0.4 is 0 Å². The summed E-state index contributed by atoms with van der Waals surface area (Å²) in [6.07, 6.45) is 4.50. The van der Waals surface area contributed by atoms with E-state index in [1.165, 1.54) is 19.3 Å². The highest BCUT2D eigenvalue weighted by Gasteiger charge is 1.95. The van der Waals surface area contributed by atoms with Gasteiger partial charge in [0.15, 0.2) is 0 Å². The molecule has 1 rings (SSSR count). The molecule has 0 N–H and O–H groups in total. The van der Waals surface area contributed by atoms with Gasteiger partial charge in [0.2, 0.25) is 0 Å². The molecule has 1 fully saturated rings. The average molecular weight is 553 g/mol. The van der Waals surface area contributed by atoms with E-state index in [2.05, 4.69) is 0 Å². The average Bonchev–Trinajstić information content (AvgIpc) is 4.03. The Bertz CT molecular complexity index is 4.75. The molecule has 0 amide bonds. The maximum Gasteiger partial charge on any atom is -0.0533 e. The summed E-state index contributed by atoms with van der Waals surface area (Å²) in [6, 6.07) is 0. The molecule has 1 aliphatic carbocycles. The quantitative estimate of drug-likeness (QED) is 0.280. The van der Waals surface area contributed by atoms with E-state index >= 15 is 0 Å². The molecule has 0 atom stereocenters. The van der Waals surface area contributed by atoms with Crippen LogP contribution in [0, 0.1) is 0 Å². The van der Waals surface area contributed by atoms with Gasteiger partial charge in [-0.3, -0.25) is 0 Å². The van der Waals surface area contributed by atoms with Crippen molar-refractivity contribution >= 4 is 0 Å². The standard InChI is InChI=1S/C3H6.17C2H6/c1-2-3-1;17*1-2/h1-3H2;17*1-2H3. The highest BCUT2D eigenvalue weighted by Crippen LogP contribution is 2.14. The Morgan fingerprint density at radius 1 is 0.108 bits per heavy atom. The summed E-state index contributed by atoms with van der Waals surface area (Å²) in [6.45, 7) is 68.0. The molecule has 0 heterocycles. The first-order valence-corrected chi connectivity index (χ1v) is 18.5. The Morgan fingerprint density at radius 2 is 0.135 bits per heavy atom. The lowest BCUT2D eigenvalue weighted by Crippen LogP contribution is -0.856. The van der Waals surface area contributed by atoms with E-state index in [-0.39, 0.29) is 0 Å². The molecule has 0 aromatic heterocycles. The molecule has 256 valence electrons. The van der Waals surface area contributed by atoms with Crippen LogP contribution in [0.5, 0.6) is 0 Å². The van der Waals surface area contributed by atoms with E-state index in [4.69, 9.17) is 0 Å². The van der Waals surface area contributed by atoms with Crippen LogP contribution in [0.3, 0.4) is 0 Å². The second-order valence-corrected chi connectivity index (χ2v) is 1.06. The van der Waals surface area contributed by atoms with Gasteiger partial charge in [0.05, 0.1) is 0 Å². The largest absolute Gasteiger partial charge is 0.0683 e. The number of hydrogen-bond donors (Lipinski definition) is 0. The van der Waals surface area contributed by atoms with Gasteiger partial charge >= 0.3 is 0 Å². The molecule has 0 bridgehead atoms. The van der Waals surface area contributed by atoms with Crippen molar-refractivity contribution in [2.24, 2.45) is 0 Å². The minimum absolute atomic E-state index is 1.50. The minimum Gasteiger partial charge on any atom is -0.0683 e. The summed E-state index contributed by atoms with van der Waals surface area (Å²) < 4.78 is 0. The van der Waals surface area contributed by atoms with Gasteiger partial charge in [-0.15, -0.1) is 0 Å². The third-order valence-corrected chi connectivity index (χ3v) is 0.354. The van der Waals surface area contributed by atoms with Gasteiger partial charge in [-0.05, 0) is 0 Å². The highest BCUT2D eigenvalue weighted by atomic mass is 14.0. The Hall–Kier alpha value is 0. The van der Waals surface area contributed by atoms with Crippen molar-refractivity contribution in [1.29, 1.82) is 0 Å². The van der Waals surface area contributed by atoms with E-state index in [1.807, 2.05) is 235 Å². The third kappa shape index (κ3) is 41600. The fourth-order valence-electron chi connectivity index (χ4n) is 0. The number of rotatable bonds is 0. The van der Waals surface area contributed by atoms with Crippen LogP contribution in [0.4, 0.5) is 0 Å². The fraction of sp³-hybridized carbons (Fsp3) is 1.00. The first-order valence-electron chi connectivity index (χ1n) is 18.5. The molecule has 0 heteroatoms. The third-order valence-electron chi connectivity index (χ3n) is 0.354. The zero-order valence-electron chi connectivity index (χ0n) is 36.1. The lowest BCUT2D eigenvalue weighted by atomic mass is 11.0. The highest BCUT2D eigenvalue weighted by molar-refractivity contribution is 4.50. The van der Waals surface area contributed by atoms with Gasteiger partial charge in [0.1, 0.15) is 0 Å². The van der Waals surface area contributed by atoms with Crippen molar-refractivity contribution in [3.63, 3.8) is 0 Å². The molecule has 37 heavy (non-hydrogen) atoms. The SMILES string of the molecule is C1CC1.CC.CC.CC.CC.CC.CC.CC.CC.CC.CC.CC.CC.CC.CC.CC.CC.CC. The van der Waals surface area contributed by atoms with Crippen molar-refractivity contribution in [2.45, 2.75) is 255 Å². The molecule has 0 radical (unpaired) electrons. The zero-order chi connectivity index (χ0) is 36.1. The van der Waals surface area contributed by atoms with Crippen molar-refractivity contribution in [1.82, 2.24) is 0 Å². The topological polar surface area (TPSA) is 0 Å². The minimum atomic E-state index is 1.50. The van der Waals surface area contributed by atoms with E-state index < -0.39 is 0 Å². The first kappa shape index (κ1) is 120. The summed E-state index contributed by atoms with van der Waals surface area (Å²) in [7, 11) is 0. The van der Waals surface area contributed by atoms with Crippen molar-refractivity contribution in [2.75, 3.05) is 0 Å². The van der Waals surface area contributed by atoms with Crippen molar-refractivity contribution in [3.8, 4) is 0 Å². The molecule has 0 aliphatic heterocycles. The van der Waals surface area contributed by atoms with E-state index in [0.29, 0.717) is 0 Å². The van der Waals surface area contributed by atoms with Crippen LogP contribution >= 0.6 is 0 Å². The zero-order valence-corrected chi connectivity index (χ0v) is 36.1. The predicted octanol–water partition coefficient (Wildman–Crippen LogP) is 18.6. The summed E-state index contributed by atoms with van der Waals surface area (Å²) in [5.74, 6) is 0. The summed E-state index contributed by atoms with van der Waals surface area (Å²) in [5, 5.41) is 0. The van der Waals surface area contributed by atoms with Crippen molar-refractivity contribution < 1.29 is 0 Å². The summed E-state index contributed by atoms with van der Waals surface area (Å²) in [5.41, 5.74) is 0. The smallest absolute Gasteiger partial charge is 0.0533 e. The maximum absolute atomic E-state index is 2.00. The van der Waals surface area contributed by atoms with Gasteiger partial charge in [-0.2, -0.15) is 0 Å². The monoisotopic (exact) mass is 553 g/mol. The van der Waals surface area contributed by atoms with Crippen LogP contribution in [0.25, 0.3) is 0 Å². The van der Waals surface area contributed by atoms with Crippen LogP contribution in [0.15, 0.2) is 0 Å². The van der Waals surface area contributed by atoms with Gasteiger partial charge in [-0.25, -0.2) is 0 Å². The first-order chi connectivity index (χ1) is 18.5. The van der Waals surface area contributed by atoms with Crippen LogP contribution in [0.1, 0.15) is 255 Å². The van der Waals surface area contributed by atoms with E-state index in [9.17, 15) is 0 Å². The maximum atomic E-state index is 2.00. The summed E-state index contributed by atoms with van der Waals surface area (Å²) in [4.78, 5) is 0. The second-order valence-electron chi connectivity index (χ2n) is 1.06. The van der Waals surface area contributed by atoms with Gasteiger partial charge in [-0.1, -0.05) is 255 Å². The molecule has 0 aromatic carbocycles.